The monoisotopic (exact) mass is 581 g/mol. The van der Waals surface area contributed by atoms with Gasteiger partial charge < -0.3 is 30.6 Å². The molecule has 41 heavy (non-hydrogen) atoms. The van der Waals surface area contributed by atoms with E-state index in [0.717, 1.165) is 13.0 Å². The van der Waals surface area contributed by atoms with Crippen molar-refractivity contribution in [1.29, 1.82) is 0 Å². The van der Waals surface area contributed by atoms with Gasteiger partial charge in [0.2, 0.25) is 0 Å². The van der Waals surface area contributed by atoms with Crippen molar-refractivity contribution in [1.82, 2.24) is 20.3 Å². The van der Waals surface area contributed by atoms with Gasteiger partial charge >= 0.3 is 5.97 Å². The summed E-state index contributed by atoms with van der Waals surface area (Å²) in [4.78, 5) is 26.8. The lowest BCUT2D eigenvalue weighted by Gasteiger charge is -2.14. The van der Waals surface area contributed by atoms with Crippen molar-refractivity contribution in [2.75, 3.05) is 36.8 Å². The van der Waals surface area contributed by atoms with Gasteiger partial charge in [-0.1, -0.05) is 18.2 Å². The fourth-order valence-electron chi connectivity index (χ4n) is 3.91. The van der Waals surface area contributed by atoms with E-state index in [1.54, 1.807) is 24.3 Å². The topological polar surface area (TPSA) is 191 Å². The summed E-state index contributed by atoms with van der Waals surface area (Å²) in [5.41, 5.74) is 1.37. The van der Waals surface area contributed by atoms with Crippen LogP contribution in [0.3, 0.4) is 0 Å². The van der Waals surface area contributed by atoms with E-state index in [2.05, 4.69) is 35.3 Å². The molecular formula is C27H31N7O6S. The van der Waals surface area contributed by atoms with E-state index in [9.17, 15) is 18.3 Å². The molecule has 0 saturated carbocycles. The quantitative estimate of drug-likeness (QED) is 0.0895. The van der Waals surface area contributed by atoms with Crippen molar-refractivity contribution in [2.24, 2.45) is 4.99 Å². The molecule has 4 aromatic rings. The van der Waals surface area contributed by atoms with Gasteiger partial charge in [-0.2, -0.15) is 0 Å². The van der Waals surface area contributed by atoms with Crippen LogP contribution in [0.15, 0.2) is 64.7 Å². The Morgan fingerprint density at radius 3 is 2.68 bits per heavy atom. The highest BCUT2D eigenvalue weighted by Gasteiger charge is 2.18. The molecule has 0 amide bonds. The van der Waals surface area contributed by atoms with Gasteiger partial charge in [0.15, 0.2) is 5.88 Å². The number of rotatable bonds is 15. The summed E-state index contributed by atoms with van der Waals surface area (Å²) in [5, 5.41) is 26.4. The van der Waals surface area contributed by atoms with Gasteiger partial charge in [-0.15, -0.1) is 0 Å². The van der Waals surface area contributed by atoms with E-state index in [-0.39, 0.29) is 41.7 Å². The van der Waals surface area contributed by atoms with Crippen LogP contribution in [0.1, 0.15) is 24.8 Å². The van der Waals surface area contributed by atoms with Crippen molar-refractivity contribution in [3.63, 3.8) is 0 Å². The van der Waals surface area contributed by atoms with Crippen LogP contribution in [-0.2, 0) is 14.8 Å². The number of carboxylic acids is 1. The normalized spacial score (nSPS) is 11.6. The summed E-state index contributed by atoms with van der Waals surface area (Å²) in [6, 6.07) is 12.5. The minimum absolute atomic E-state index is 0.0443. The molecule has 6 N–H and O–H groups in total. The maximum absolute atomic E-state index is 12.9. The minimum atomic E-state index is -3.91. The van der Waals surface area contributed by atoms with Gasteiger partial charge in [0.05, 0.1) is 33.8 Å². The van der Waals surface area contributed by atoms with Crippen molar-refractivity contribution in [3.8, 4) is 11.6 Å². The van der Waals surface area contributed by atoms with Crippen LogP contribution < -0.4 is 20.1 Å². The van der Waals surface area contributed by atoms with E-state index in [4.69, 9.17) is 9.84 Å². The number of anilines is 2. The third-order valence-electron chi connectivity index (χ3n) is 5.90. The van der Waals surface area contributed by atoms with Crippen LogP contribution in [0.25, 0.3) is 11.0 Å². The summed E-state index contributed by atoms with van der Waals surface area (Å²) in [7, 11) is -2.04. The van der Waals surface area contributed by atoms with Crippen molar-refractivity contribution in [3.05, 3.63) is 60.4 Å². The highest BCUT2D eigenvalue weighted by molar-refractivity contribution is 7.92. The van der Waals surface area contributed by atoms with Gasteiger partial charge in [-0.05, 0) is 50.7 Å². The van der Waals surface area contributed by atoms with Crippen LogP contribution in [0, 0.1) is 0 Å². The lowest BCUT2D eigenvalue weighted by molar-refractivity contribution is -0.137. The molecule has 0 aliphatic rings. The smallest absolute Gasteiger partial charge is 0.303 e. The Morgan fingerprint density at radius 1 is 1.12 bits per heavy atom. The first-order valence-electron chi connectivity index (χ1n) is 12.8. The highest BCUT2D eigenvalue weighted by Crippen LogP contribution is 2.33. The Kier molecular flexibility index (Phi) is 9.71. The number of carbonyl (C=O) groups is 1. The number of hydrogen-bond acceptors (Lipinski definition) is 10. The predicted molar refractivity (Wildman–Crippen MR) is 156 cm³/mol. The summed E-state index contributed by atoms with van der Waals surface area (Å²) in [6.45, 7) is 1.52. The van der Waals surface area contributed by atoms with Crippen molar-refractivity contribution < 1.29 is 28.2 Å². The van der Waals surface area contributed by atoms with Crippen LogP contribution >= 0.6 is 0 Å². The highest BCUT2D eigenvalue weighted by atomic mass is 32.2. The number of aromatic nitrogens is 3. The number of sulfonamides is 1. The molecule has 0 saturated heterocycles. The summed E-state index contributed by atoms with van der Waals surface area (Å²) in [5.74, 6) is -0.393. The predicted octanol–water partition coefficient (Wildman–Crippen LogP) is 3.48. The van der Waals surface area contributed by atoms with E-state index >= 15 is 0 Å². The summed E-state index contributed by atoms with van der Waals surface area (Å²) >= 11 is 0. The largest absolute Gasteiger partial charge is 0.494 e. The Bertz CT molecular complexity index is 1620. The molecule has 0 unspecified atom stereocenters. The molecule has 0 radical (unpaired) electrons. The molecule has 2 heterocycles. The first-order chi connectivity index (χ1) is 19.8. The number of H-pyrrole nitrogens is 1. The molecule has 0 spiro atoms. The number of aliphatic carboxylic acids is 1. The molecule has 0 fully saturated rings. The van der Waals surface area contributed by atoms with Gasteiger partial charge in [-0.3, -0.25) is 14.5 Å². The molecule has 0 bridgehead atoms. The number of fused-ring (bicyclic) bond motifs is 1. The number of carboxylic acid groups (broad SMARTS) is 1. The first kappa shape index (κ1) is 29.3. The van der Waals surface area contributed by atoms with E-state index < -0.39 is 16.0 Å². The SMILES string of the molecule is CNCCCNc1ncnc2[nH]c(O)c(C=Nc3ccc(NS(=O)(=O)c4ccccc4)c(OCCCC(=O)O)c3)c12. The molecule has 0 aliphatic heterocycles. The zero-order valence-corrected chi connectivity index (χ0v) is 23.1. The van der Waals surface area contributed by atoms with E-state index in [1.807, 2.05) is 7.05 Å². The van der Waals surface area contributed by atoms with E-state index in [0.29, 0.717) is 34.6 Å². The second-order valence-corrected chi connectivity index (χ2v) is 10.6. The minimum Gasteiger partial charge on any atom is -0.494 e. The van der Waals surface area contributed by atoms with Gasteiger partial charge in [0.25, 0.3) is 10.0 Å². The fraction of sp³-hybridized carbons (Fsp3) is 0.259. The number of hydrogen-bond donors (Lipinski definition) is 6. The third kappa shape index (κ3) is 7.70. The van der Waals surface area contributed by atoms with E-state index in [1.165, 1.54) is 36.8 Å². The van der Waals surface area contributed by atoms with Crippen LogP contribution in [0.4, 0.5) is 17.2 Å². The number of benzene rings is 2. The molecular weight excluding hydrogens is 550 g/mol. The first-order valence-corrected chi connectivity index (χ1v) is 14.3. The second-order valence-electron chi connectivity index (χ2n) is 8.92. The maximum atomic E-state index is 12.9. The molecule has 14 heteroatoms. The second kappa shape index (κ2) is 13.6. The lowest BCUT2D eigenvalue weighted by atomic mass is 10.2. The van der Waals surface area contributed by atoms with Gasteiger partial charge in [0.1, 0.15) is 23.5 Å². The zero-order chi connectivity index (χ0) is 29.2. The Balaban J connectivity index is 1.62. The van der Waals surface area contributed by atoms with Gasteiger partial charge in [0, 0.05) is 25.2 Å². The third-order valence-corrected chi connectivity index (χ3v) is 7.28. The average Bonchev–Trinajstić information content (AvgIpc) is 3.29. The number of nitrogens with one attached hydrogen (secondary N) is 4. The Morgan fingerprint density at radius 2 is 1.93 bits per heavy atom. The van der Waals surface area contributed by atoms with Crippen LogP contribution in [0.5, 0.6) is 11.6 Å². The Labute approximate surface area is 236 Å². The molecule has 13 nitrogen and oxygen atoms in total. The lowest BCUT2D eigenvalue weighted by Crippen LogP contribution is -2.14. The van der Waals surface area contributed by atoms with Crippen LogP contribution in [-0.4, -0.2) is 72.5 Å². The summed E-state index contributed by atoms with van der Waals surface area (Å²) < 4.78 is 34.1. The number of ether oxygens (including phenoxy) is 1. The molecule has 216 valence electrons. The number of aromatic hydroxyl groups is 1. The molecule has 2 aromatic carbocycles. The molecule has 0 aliphatic carbocycles. The number of aromatic amines is 1. The van der Waals surface area contributed by atoms with Crippen molar-refractivity contribution >= 4 is 50.4 Å². The number of aliphatic imine (C=N–C) groups is 1. The standard InChI is InChI=1S/C27H31N7O6S/c1-28-12-6-13-29-25-24-20(27(37)33-26(24)32-17-31-25)16-30-18-10-11-21(22(15-18)40-14-5-9-23(35)36)34-41(38,39)19-7-3-2-4-8-19/h2-4,7-8,10-11,15-17,28,34,37H,5-6,9,12-14H2,1H3,(H,35,36)(H2,29,31,32,33). The van der Waals surface area contributed by atoms with Crippen molar-refractivity contribution in [2.45, 2.75) is 24.2 Å². The average molecular weight is 582 g/mol. The summed E-state index contributed by atoms with van der Waals surface area (Å²) in [6.07, 6.45) is 3.82. The fourth-order valence-corrected chi connectivity index (χ4v) is 5.00. The maximum Gasteiger partial charge on any atom is 0.303 e. The van der Waals surface area contributed by atoms with Gasteiger partial charge in [-0.25, -0.2) is 18.4 Å². The zero-order valence-electron chi connectivity index (χ0n) is 22.3. The number of nitrogens with zero attached hydrogens (tertiary/aromatic N) is 3. The molecule has 0 atom stereocenters. The Hall–Kier alpha value is -4.69. The molecule has 4 rings (SSSR count). The molecule has 2 aromatic heterocycles. The van der Waals surface area contributed by atoms with Crippen LogP contribution in [0.2, 0.25) is 0 Å².